The number of hydrogen-bond acceptors (Lipinski definition) is 5. The van der Waals surface area contributed by atoms with Crippen LogP contribution in [0.25, 0.3) is 22.1 Å². The van der Waals surface area contributed by atoms with Crippen LogP contribution in [0, 0.1) is 13.8 Å². The third-order valence-corrected chi connectivity index (χ3v) is 8.96. The minimum Gasteiger partial charge on any atom is -0.368 e. The predicted octanol–water partition coefficient (Wildman–Crippen LogP) is 4.13. The van der Waals surface area contributed by atoms with Crippen molar-refractivity contribution in [1.82, 2.24) is 37.8 Å². The smallest absolute Gasteiger partial charge is 0.298 e. The van der Waals surface area contributed by atoms with Gasteiger partial charge in [0.25, 0.3) is 11.8 Å². The third kappa shape index (κ3) is 5.79. The molecule has 1 atom stereocenters. The van der Waals surface area contributed by atoms with E-state index in [4.69, 9.17) is 4.74 Å². The molecule has 4 aromatic heterocycles. The van der Waals surface area contributed by atoms with Gasteiger partial charge in [-0.25, -0.2) is 0 Å². The first kappa shape index (κ1) is 32.0. The fraction of sp³-hybridized carbons (Fsp3) is 0.333. The largest absolute Gasteiger partial charge is 0.368 e. The molecule has 0 aliphatic carbocycles. The van der Waals surface area contributed by atoms with Crippen molar-refractivity contribution in [3.05, 3.63) is 106 Å². The Morgan fingerprint density at radius 2 is 1.29 bits per heavy atom. The van der Waals surface area contributed by atoms with Gasteiger partial charge in [0.15, 0.2) is 0 Å². The molecule has 13 nitrogen and oxygen atoms in total. The van der Waals surface area contributed by atoms with Crippen molar-refractivity contribution in [2.75, 3.05) is 6.61 Å². The van der Waals surface area contributed by atoms with E-state index >= 15 is 0 Å². The van der Waals surface area contributed by atoms with Crippen LogP contribution in [0.1, 0.15) is 57.9 Å². The topological polar surface area (TPSA) is 127 Å². The van der Waals surface area contributed by atoms with Crippen LogP contribution in [0.3, 0.4) is 0 Å². The average Bonchev–Trinajstić information content (AvgIpc) is 3.60. The zero-order valence-electron chi connectivity index (χ0n) is 28.7. The van der Waals surface area contributed by atoms with Gasteiger partial charge in [-0.2, -0.15) is 20.2 Å². The summed E-state index contributed by atoms with van der Waals surface area (Å²) in [5, 5.41) is 8.88. The SMILES string of the molecule is CCn1nc(C)cc1C(=O)N=c1n(C)c2ccccc2n1C/C=C/Cn1c(=NC(=O)c2cc(C)nn2CC)n(C)c2cccc(C3CO3)c21. The van der Waals surface area contributed by atoms with E-state index in [0.717, 1.165) is 39.0 Å². The number of benzene rings is 2. The summed E-state index contributed by atoms with van der Waals surface area (Å²) in [6.45, 7) is 10.4. The molecule has 1 fully saturated rings. The summed E-state index contributed by atoms with van der Waals surface area (Å²) in [5.41, 5.74) is 8.43. The molecule has 0 N–H and O–H groups in total. The lowest BCUT2D eigenvalue weighted by Crippen LogP contribution is -2.27. The molecule has 5 heterocycles. The summed E-state index contributed by atoms with van der Waals surface area (Å²) in [4.78, 5) is 36.3. The third-order valence-electron chi connectivity index (χ3n) is 8.96. The minimum atomic E-state index is -0.350. The Morgan fingerprint density at radius 1 is 0.776 bits per heavy atom. The van der Waals surface area contributed by atoms with Crippen LogP contribution in [0.15, 0.2) is 76.7 Å². The Morgan fingerprint density at radius 3 is 1.86 bits per heavy atom. The first-order valence-corrected chi connectivity index (χ1v) is 16.6. The van der Waals surface area contributed by atoms with Gasteiger partial charge in [-0.3, -0.25) is 19.0 Å². The van der Waals surface area contributed by atoms with Gasteiger partial charge in [-0.05, 0) is 58.0 Å². The van der Waals surface area contributed by atoms with Gasteiger partial charge in [0.05, 0.1) is 40.1 Å². The van der Waals surface area contributed by atoms with Crippen LogP contribution < -0.4 is 11.2 Å². The number of aromatic nitrogens is 8. The summed E-state index contributed by atoms with van der Waals surface area (Å²) in [6.07, 6.45) is 4.12. The molecule has 49 heavy (non-hydrogen) atoms. The number of carbonyl (C=O) groups excluding carboxylic acids is 2. The number of ether oxygens (including phenoxy) is 1. The Hall–Kier alpha value is -5.56. The highest BCUT2D eigenvalue weighted by molar-refractivity contribution is 5.94. The highest BCUT2D eigenvalue weighted by Gasteiger charge is 2.29. The minimum absolute atomic E-state index is 0.00908. The molecular weight excluding hydrogens is 620 g/mol. The molecule has 0 radical (unpaired) electrons. The molecule has 1 unspecified atom stereocenters. The molecule has 0 spiro atoms. The summed E-state index contributed by atoms with van der Waals surface area (Å²) < 4.78 is 17.1. The number of amides is 2. The summed E-state index contributed by atoms with van der Waals surface area (Å²) >= 11 is 0. The standard InChI is InChI=1S/C36H40N10O3/c1-7-45-29(20-23(3)39-45)33(47)37-35-41(5)26-15-9-10-16-27(26)43(35)18-11-12-19-44-32-25(31-22-49-31)14-13-17-28(32)42(6)36(44)38-34(48)30-21-24(4)40-46(30)8-2/h9-17,20-21,31H,7-8,18-19,22H2,1-6H3/b12-11+,37-35?,38-36?. The van der Waals surface area contributed by atoms with E-state index in [1.165, 1.54) is 0 Å². The molecule has 2 amide bonds. The molecule has 252 valence electrons. The highest BCUT2D eigenvalue weighted by atomic mass is 16.6. The van der Waals surface area contributed by atoms with Crippen LogP contribution in [-0.4, -0.2) is 56.3 Å². The second-order valence-corrected chi connectivity index (χ2v) is 12.2. The van der Waals surface area contributed by atoms with Crippen molar-refractivity contribution in [1.29, 1.82) is 0 Å². The quantitative estimate of drug-likeness (QED) is 0.170. The van der Waals surface area contributed by atoms with Gasteiger partial charge in [-0.1, -0.05) is 36.4 Å². The summed E-state index contributed by atoms with van der Waals surface area (Å²) in [7, 11) is 3.85. The van der Waals surface area contributed by atoms with Crippen molar-refractivity contribution in [3.63, 3.8) is 0 Å². The molecule has 13 heteroatoms. The number of epoxide rings is 1. The normalized spacial score (nSPS) is 15.4. The predicted molar refractivity (Wildman–Crippen MR) is 185 cm³/mol. The summed E-state index contributed by atoms with van der Waals surface area (Å²) in [6, 6.07) is 17.7. The van der Waals surface area contributed by atoms with E-state index in [1.807, 2.05) is 91.9 Å². The number of para-hydroxylation sites is 3. The van der Waals surface area contributed by atoms with E-state index in [0.29, 0.717) is 55.4 Å². The number of imidazole rings is 2. The second kappa shape index (κ2) is 12.8. The van der Waals surface area contributed by atoms with Crippen molar-refractivity contribution >= 4 is 33.9 Å². The van der Waals surface area contributed by atoms with Crippen molar-refractivity contribution in [2.45, 2.75) is 60.0 Å². The zero-order chi connectivity index (χ0) is 34.4. The van der Waals surface area contributed by atoms with E-state index in [2.05, 4.69) is 43.0 Å². The lowest BCUT2D eigenvalue weighted by Gasteiger charge is -2.06. The Kier molecular flexibility index (Phi) is 8.37. The van der Waals surface area contributed by atoms with E-state index in [-0.39, 0.29) is 17.9 Å². The van der Waals surface area contributed by atoms with Gasteiger partial charge in [0.2, 0.25) is 11.2 Å². The van der Waals surface area contributed by atoms with E-state index < -0.39 is 0 Å². The number of hydrogen-bond donors (Lipinski definition) is 0. The zero-order valence-corrected chi connectivity index (χ0v) is 28.7. The molecule has 0 saturated carbocycles. The van der Waals surface area contributed by atoms with Crippen molar-refractivity contribution in [2.24, 2.45) is 24.1 Å². The van der Waals surface area contributed by atoms with Crippen molar-refractivity contribution < 1.29 is 14.3 Å². The molecule has 6 aromatic rings. The molecule has 7 rings (SSSR count). The Bertz CT molecular complexity index is 2420. The average molecular weight is 661 g/mol. The number of nitrogens with zero attached hydrogens (tertiary/aromatic N) is 10. The fourth-order valence-electron chi connectivity index (χ4n) is 6.56. The molecule has 2 aromatic carbocycles. The van der Waals surface area contributed by atoms with Crippen LogP contribution in [0.5, 0.6) is 0 Å². The van der Waals surface area contributed by atoms with Gasteiger partial charge < -0.3 is 23.0 Å². The molecule has 0 bridgehead atoms. The lowest BCUT2D eigenvalue weighted by molar-refractivity contribution is 0.0977. The lowest BCUT2D eigenvalue weighted by atomic mass is 10.1. The highest BCUT2D eigenvalue weighted by Crippen LogP contribution is 2.34. The number of carbonyl (C=O) groups is 2. The molecular formula is C36H40N10O3. The van der Waals surface area contributed by atoms with Crippen LogP contribution >= 0.6 is 0 Å². The monoisotopic (exact) mass is 660 g/mol. The molecule has 1 saturated heterocycles. The summed E-state index contributed by atoms with van der Waals surface area (Å²) in [5.74, 6) is -0.695. The Balaban J connectivity index is 1.29. The second-order valence-electron chi connectivity index (χ2n) is 12.2. The van der Waals surface area contributed by atoms with Crippen LogP contribution in [0.2, 0.25) is 0 Å². The van der Waals surface area contributed by atoms with Gasteiger partial charge in [-0.15, -0.1) is 0 Å². The maximum absolute atomic E-state index is 13.6. The van der Waals surface area contributed by atoms with Crippen LogP contribution in [-0.2, 0) is 45.0 Å². The molecule has 1 aliphatic heterocycles. The van der Waals surface area contributed by atoms with Crippen LogP contribution in [0.4, 0.5) is 0 Å². The maximum atomic E-state index is 13.6. The maximum Gasteiger partial charge on any atom is 0.298 e. The van der Waals surface area contributed by atoms with Crippen molar-refractivity contribution in [3.8, 4) is 0 Å². The number of allylic oxidation sites excluding steroid dienone is 2. The Labute approximate surface area is 282 Å². The first-order chi connectivity index (χ1) is 23.7. The first-order valence-electron chi connectivity index (χ1n) is 16.6. The van der Waals surface area contributed by atoms with E-state index in [9.17, 15) is 9.59 Å². The number of fused-ring (bicyclic) bond motifs is 2. The van der Waals surface area contributed by atoms with E-state index in [1.54, 1.807) is 21.5 Å². The van der Waals surface area contributed by atoms with Gasteiger partial charge in [0, 0.05) is 45.8 Å². The number of rotatable bonds is 9. The fourth-order valence-corrected chi connectivity index (χ4v) is 6.56. The van der Waals surface area contributed by atoms with Gasteiger partial charge in [0.1, 0.15) is 17.5 Å². The molecule has 1 aliphatic rings. The van der Waals surface area contributed by atoms with Gasteiger partial charge >= 0.3 is 0 Å². The number of aryl methyl sites for hydroxylation is 6.